The predicted molar refractivity (Wildman–Crippen MR) is 101 cm³/mol. The van der Waals surface area contributed by atoms with Crippen LogP contribution >= 0.6 is 27.3 Å². The van der Waals surface area contributed by atoms with Crippen molar-refractivity contribution in [3.8, 4) is 0 Å². The number of rotatable bonds is 7. The van der Waals surface area contributed by atoms with Crippen LogP contribution in [0.5, 0.6) is 0 Å². The van der Waals surface area contributed by atoms with Gasteiger partial charge in [0, 0.05) is 15.9 Å². The molecule has 1 aromatic carbocycles. The topological polar surface area (TPSA) is 32.3 Å². The van der Waals surface area contributed by atoms with Gasteiger partial charge in [0.15, 0.2) is 0 Å². The second-order valence-corrected chi connectivity index (χ2v) is 7.90. The molecule has 0 saturated heterocycles. The van der Waals surface area contributed by atoms with Crippen LogP contribution in [0.1, 0.15) is 30.3 Å². The smallest absolute Gasteiger partial charge is 0.234 e. The van der Waals surface area contributed by atoms with Crippen LogP contribution in [0.3, 0.4) is 0 Å². The van der Waals surface area contributed by atoms with Gasteiger partial charge in [-0.3, -0.25) is 9.69 Å². The van der Waals surface area contributed by atoms with Crippen LogP contribution in [-0.2, 0) is 11.3 Å². The molecule has 5 heteroatoms. The van der Waals surface area contributed by atoms with E-state index in [1.54, 1.807) is 11.3 Å². The van der Waals surface area contributed by atoms with Gasteiger partial charge in [-0.25, -0.2) is 0 Å². The van der Waals surface area contributed by atoms with E-state index in [-0.39, 0.29) is 11.9 Å². The Morgan fingerprint density at radius 2 is 2.00 bits per heavy atom. The number of nitrogens with zero attached hydrogens (tertiary/aromatic N) is 1. The van der Waals surface area contributed by atoms with E-state index in [9.17, 15) is 4.79 Å². The van der Waals surface area contributed by atoms with E-state index >= 15 is 0 Å². The monoisotopic (exact) mass is 394 g/mol. The van der Waals surface area contributed by atoms with Crippen LogP contribution in [0.15, 0.2) is 46.3 Å². The molecular formula is C18H23BrN2OS. The fourth-order valence-corrected chi connectivity index (χ4v) is 3.83. The third kappa shape index (κ3) is 5.44. The normalized spacial score (nSPS) is 12.6. The summed E-state index contributed by atoms with van der Waals surface area (Å²) in [6, 6.07) is 12.3. The van der Waals surface area contributed by atoms with Gasteiger partial charge in [-0.2, -0.15) is 0 Å². The Kier molecular flexibility index (Phi) is 6.81. The standard InChI is InChI=1S/C18H23BrN2OS/c1-13(2)18(16-9-6-10-23-16)20-17(22)12-21(3)11-14-7-4-5-8-15(14)19/h4-10,13,18H,11-12H2,1-3H3,(H,20,22)/t18-/m1/s1. The van der Waals surface area contributed by atoms with Crippen LogP contribution in [0.4, 0.5) is 0 Å². The van der Waals surface area contributed by atoms with Crippen LogP contribution in [0.25, 0.3) is 0 Å². The molecule has 0 fully saturated rings. The first kappa shape index (κ1) is 18.2. The van der Waals surface area contributed by atoms with Gasteiger partial charge in [-0.05, 0) is 36.0 Å². The highest BCUT2D eigenvalue weighted by molar-refractivity contribution is 9.10. The van der Waals surface area contributed by atoms with Crippen molar-refractivity contribution in [2.24, 2.45) is 5.92 Å². The molecule has 1 atom stereocenters. The van der Waals surface area contributed by atoms with E-state index in [4.69, 9.17) is 0 Å². The molecular weight excluding hydrogens is 372 g/mol. The van der Waals surface area contributed by atoms with Crippen molar-refractivity contribution in [1.29, 1.82) is 0 Å². The number of amides is 1. The van der Waals surface area contributed by atoms with E-state index in [1.165, 1.54) is 10.4 Å². The second kappa shape index (κ2) is 8.62. The van der Waals surface area contributed by atoms with E-state index in [0.29, 0.717) is 12.5 Å². The molecule has 1 heterocycles. The Hall–Kier alpha value is -1.17. The summed E-state index contributed by atoms with van der Waals surface area (Å²) in [5, 5.41) is 5.22. The van der Waals surface area contributed by atoms with Gasteiger partial charge in [0.2, 0.25) is 5.91 Å². The van der Waals surface area contributed by atoms with Crippen molar-refractivity contribution in [3.05, 3.63) is 56.7 Å². The highest BCUT2D eigenvalue weighted by Gasteiger charge is 2.20. The minimum Gasteiger partial charge on any atom is -0.347 e. The minimum absolute atomic E-state index is 0.0617. The average Bonchev–Trinajstić information content (AvgIpc) is 3.00. The maximum absolute atomic E-state index is 12.4. The summed E-state index contributed by atoms with van der Waals surface area (Å²) in [5.41, 5.74) is 1.18. The maximum atomic E-state index is 12.4. The Bertz CT molecular complexity index is 628. The lowest BCUT2D eigenvalue weighted by atomic mass is 10.0. The first-order chi connectivity index (χ1) is 11.0. The lowest BCUT2D eigenvalue weighted by molar-refractivity contribution is -0.123. The Balaban J connectivity index is 1.92. The van der Waals surface area contributed by atoms with Crippen molar-refractivity contribution >= 4 is 33.2 Å². The molecule has 3 nitrogen and oxygen atoms in total. The molecule has 1 amide bonds. The molecule has 0 bridgehead atoms. The van der Waals surface area contributed by atoms with Gasteiger partial charge in [-0.15, -0.1) is 11.3 Å². The number of hydrogen-bond donors (Lipinski definition) is 1. The third-order valence-electron chi connectivity index (χ3n) is 3.64. The van der Waals surface area contributed by atoms with Gasteiger partial charge < -0.3 is 5.32 Å². The highest BCUT2D eigenvalue weighted by atomic mass is 79.9. The van der Waals surface area contributed by atoms with Crippen molar-refractivity contribution in [2.45, 2.75) is 26.4 Å². The highest BCUT2D eigenvalue weighted by Crippen LogP contribution is 2.25. The molecule has 1 N–H and O–H groups in total. The molecule has 0 aliphatic carbocycles. The number of thiophene rings is 1. The average molecular weight is 395 g/mol. The number of carbonyl (C=O) groups is 1. The first-order valence-corrected chi connectivity index (χ1v) is 9.39. The summed E-state index contributed by atoms with van der Waals surface area (Å²) in [5.74, 6) is 0.429. The predicted octanol–water partition coefficient (Wildman–Crippen LogP) is 4.46. The minimum atomic E-state index is 0.0617. The quantitative estimate of drug-likeness (QED) is 0.751. The van der Waals surface area contributed by atoms with E-state index in [0.717, 1.165) is 11.0 Å². The van der Waals surface area contributed by atoms with E-state index in [1.807, 2.05) is 36.2 Å². The van der Waals surface area contributed by atoms with E-state index < -0.39 is 0 Å². The lowest BCUT2D eigenvalue weighted by Gasteiger charge is -2.23. The summed E-state index contributed by atoms with van der Waals surface area (Å²) < 4.78 is 1.07. The number of likely N-dealkylation sites (N-methyl/N-ethyl adjacent to an activating group) is 1. The molecule has 0 aliphatic rings. The molecule has 2 rings (SSSR count). The molecule has 0 spiro atoms. The second-order valence-electron chi connectivity index (χ2n) is 6.07. The molecule has 124 valence electrons. The van der Waals surface area contributed by atoms with Gasteiger partial charge in [0.05, 0.1) is 12.6 Å². The summed E-state index contributed by atoms with van der Waals surface area (Å²) in [7, 11) is 1.97. The van der Waals surface area contributed by atoms with Crippen molar-refractivity contribution in [1.82, 2.24) is 10.2 Å². The number of halogens is 1. The van der Waals surface area contributed by atoms with Crippen molar-refractivity contribution in [2.75, 3.05) is 13.6 Å². The molecule has 1 aromatic heterocycles. The van der Waals surface area contributed by atoms with Gasteiger partial charge in [-0.1, -0.05) is 54.0 Å². The summed E-state index contributed by atoms with van der Waals surface area (Å²) in [6.45, 7) is 5.39. The van der Waals surface area contributed by atoms with Crippen LogP contribution < -0.4 is 5.32 Å². The summed E-state index contributed by atoms with van der Waals surface area (Å²) >= 11 is 5.24. The summed E-state index contributed by atoms with van der Waals surface area (Å²) in [6.07, 6.45) is 0. The fourth-order valence-electron chi connectivity index (χ4n) is 2.47. The Morgan fingerprint density at radius 3 is 2.61 bits per heavy atom. The molecule has 2 aromatic rings. The zero-order chi connectivity index (χ0) is 16.8. The zero-order valence-corrected chi connectivity index (χ0v) is 16.2. The number of nitrogens with one attached hydrogen (secondary N) is 1. The number of hydrogen-bond acceptors (Lipinski definition) is 3. The Morgan fingerprint density at radius 1 is 1.26 bits per heavy atom. The number of carbonyl (C=O) groups excluding carboxylic acids is 1. The lowest BCUT2D eigenvalue weighted by Crippen LogP contribution is -2.38. The molecule has 0 unspecified atom stereocenters. The van der Waals surface area contributed by atoms with Crippen LogP contribution in [-0.4, -0.2) is 24.4 Å². The molecule has 0 saturated carbocycles. The van der Waals surface area contributed by atoms with Crippen molar-refractivity contribution < 1.29 is 4.79 Å². The molecule has 23 heavy (non-hydrogen) atoms. The maximum Gasteiger partial charge on any atom is 0.234 e. The molecule has 0 radical (unpaired) electrons. The van der Waals surface area contributed by atoms with Gasteiger partial charge >= 0.3 is 0 Å². The van der Waals surface area contributed by atoms with Crippen LogP contribution in [0.2, 0.25) is 0 Å². The van der Waals surface area contributed by atoms with E-state index in [2.05, 4.69) is 52.6 Å². The van der Waals surface area contributed by atoms with Crippen molar-refractivity contribution in [3.63, 3.8) is 0 Å². The van der Waals surface area contributed by atoms with Crippen LogP contribution in [0, 0.1) is 5.92 Å². The number of benzene rings is 1. The third-order valence-corrected chi connectivity index (χ3v) is 5.37. The summed E-state index contributed by atoms with van der Waals surface area (Å²) in [4.78, 5) is 15.6. The SMILES string of the molecule is CC(C)[C@@H](NC(=O)CN(C)Cc1ccccc1Br)c1cccs1. The molecule has 0 aliphatic heterocycles. The fraction of sp³-hybridized carbons (Fsp3) is 0.389. The first-order valence-electron chi connectivity index (χ1n) is 7.72. The largest absolute Gasteiger partial charge is 0.347 e. The van der Waals surface area contributed by atoms with Gasteiger partial charge in [0.1, 0.15) is 0 Å². The zero-order valence-electron chi connectivity index (χ0n) is 13.8. The Labute approximate surface area is 150 Å². The van der Waals surface area contributed by atoms with Gasteiger partial charge in [0.25, 0.3) is 0 Å².